The molecule has 88 valence electrons. The Morgan fingerprint density at radius 3 is 2.20 bits per heavy atom. The first-order valence-corrected chi connectivity index (χ1v) is 5.08. The Morgan fingerprint density at radius 2 is 1.80 bits per heavy atom. The molecule has 1 atom stereocenters. The molecule has 0 bridgehead atoms. The topological polar surface area (TPSA) is 52.6 Å². The summed E-state index contributed by atoms with van der Waals surface area (Å²) in [6.45, 7) is 5.34. The Kier molecular flexibility index (Phi) is 5.98. The number of hydrogen-bond donors (Lipinski definition) is 0. The molecule has 15 heavy (non-hydrogen) atoms. The van der Waals surface area contributed by atoms with E-state index in [-0.39, 0.29) is 12.3 Å². The Balaban J connectivity index is 4.24. The van der Waals surface area contributed by atoms with Crippen molar-refractivity contribution >= 4 is 35.7 Å². The minimum Gasteiger partial charge on any atom is -0.348 e. The van der Waals surface area contributed by atoms with Crippen LogP contribution in [0.2, 0.25) is 0 Å². The highest BCUT2D eigenvalue weighted by atomic mass is 35.5. The highest BCUT2D eigenvalue weighted by molar-refractivity contribution is 6.13. The fraction of sp³-hybridized carbons (Fsp3) is 0.778. The second-order valence-corrected chi connectivity index (χ2v) is 4.60. The lowest BCUT2D eigenvalue weighted by molar-refractivity contribution is -0.141. The van der Waals surface area contributed by atoms with Gasteiger partial charge in [-0.15, -0.1) is 0 Å². The quantitative estimate of drug-likeness (QED) is 0.759. The molecule has 0 aliphatic rings. The van der Waals surface area contributed by atoms with E-state index in [1.165, 1.54) is 0 Å². The third-order valence-electron chi connectivity index (χ3n) is 2.05. The van der Waals surface area contributed by atoms with Crippen LogP contribution in [0.15, 0.2) is 0 Å². The second kappa shape index (κ2) is 6.18. The molecule has 0 aromatic rings. The van der Waals surface area contributed by atoms with Crippen molar-refractivity contribution in [3.63, 3.8) is 0 Å². The van der Waals surface area contributed by atoms with Crippen molar-refractivity contribution in [1.82, 2.24) is 0 Å². The first kappa shape index (κ1) is 14.5. The van der Waals surface area contributed by atoms with Crippen LogP contribution in [0, 0.1) is 11.3 Å². The van der Waals surface area contributed by atoms with Gasteiger partial charge in [0.05, 0.1) is 12.3 Å². The molecule has 0 radical (unpaired) electrons. The Hall–Kier alpha value is -0.480. The smallest absolute Gasteiger partial charge is 0.327 e. The molecule has 1 unspecified atom stereocenters. The zero-order valence-electron chi connectivity index (χ0n) is 8.88. The maximum Gasteiger partial charge on any atom is 0.327 e. The molecule has 6 heteroatoms. The predicted molar refractivity (Wildman–Crippen MR) is 56.1 cm³/mol. The van der Waals surface area contributed by atoms with Gasteiger partial charge in [-0.05, 0) is 11.8 Å². The maximum atomic E-state index is 11.0. The fourth-order valence-corrected chi connectivity index (χ4v) is 1.69. The molecule has 0 aliphatic carbocycles. The second-order valence-electron chi connectivity index (χ2n) is 4.29. The molecule has 0 saturated carbocycles. The van der Waals surface area contributed by atoms with Gasteiger partial charge in [0, 0.05) is 0 Å². The fourth-order valence-electron chi connectivity index (χ4n) is 1.48. The number of hydrogen-bond acceptors (Lipinski definition) is 4. The summed E-state index contributed by atoms with van der Waals surface area (Å²) in [5.41, 5.74) is -0.392. The van der Waals surface area contributed by atoms with Crippen LogP contribution in [0.25, 0.3) is 0 Å². The lowest BCUT2D eigenvalue weighted by Crippen LogP contribution is -2.24. The van der Waals surface area contributed by atoms with Crippen LogP contribution in [0.5, 0.6) is 0 Å². The largest absolute Gasteiger partial charge is 0.348 e. The summed E-state index contributed by atoms with van der Waals surface area (Å²) >= 11 is 9.87. The van der Waals surface area contributed by atoms with Crippen LogP contribution in [-0.4, -0.2) is 11.9 Å². The summed E-state index contributed by atoms with van der Waals surface area (Å²) in [5.74, 6) is -1.40. The zero-order valence-corrected chi connectivity index (χ0v) is 10.4. The van der Waals surface area contributed by atoms with Gasteiger partial charge in [0.15, 0.2) is 0 Å². The molecular weight excluding hydrogens is 243 g/mol. The van der Waals surface area contributed by atoms with Gasteiger partial charge in [-0.2, -0.15) is 0 Å². The van der Waals surface area contributed by atoms with Gasteiger partial charge in [-0.25, -0.2) is 0 Å². The molecule has 0 heterocycles. The number of halogens is 2. The third kappa shape index (κ3) is 5.85. The normalized spacial score (nSPS) is 13.1. The lowest BCUT2D eigenvalue weighted by atomic mass is 9.81. The molecule has 0 rings (SSSR count). The number of carbonyl (C=O) groups is 2. The Bertz CT molecular complexity index is 240. The average Bonchev–Trinajstić information content (AvgIpc) is 2.14. The van der Waals surface area contributed by atoms with E-state index in [9.17, 15) is 9.59 Å². The van der Waals surface area contributed by atoms with Crippen molar-refractivity contribution in [2.24, 2.45) is 11.3 Å². The summed E-state index contributed by atoms with van der Waals surface area (Å²) in [4.78, 5) is 22.0. The van der Waals surface area contributed by atoms with E-state index in [4.69, 9.17) is 23.7 Å². The third-order valence-corrected chi connectivity index (χ3v) is 2.37. The molecular formula is C9H14Cl2O4. The SMILES string of the molecule is CC(CC(C)(C)CC(=O)OCl)C(=O)OCl. The molecule has 0 saturated heterocycles. The Labute approximate surface area is 99.2 Å². The zero-order chi connectivity index (χ0) is 12.1. The Morgan fingerprint density at radius 1 is 1.27 bits per heavy atom. The van der Waals surface area contributed by atoms with Crippen molar-refractivity contribution in [2.45, 2.75) is 33.6 Å². The number of rotatable bonds is 5. The van der Waals surface area contributed by atoms with Crippen molar-refractivity contribution in [3.05, 3.63) is 0 Å². The standard InChI is InChI=1S/C9H14Cl2O4/c1-6(8(13)15-11)4-9(2,3)5-7(12)14-10/h6H,4-5H2,1-3H3. The summed E-state index contributed by atoms with van der Waals surface area (Å²) in [6.07, 6.45) is 0.598. The van der Waals surface area contributed by atoms with Gasteiger partial charge in [-0.3, -0.25) is 9.59 Å². The minimum absolute atomic E-state index is 0.135. The van der Waals surface area contributed by atoms with Crippen molar-refractivity contribution in [1.29, 1.82) is 0 Å². The molecule has 0 N–H and O–H groups in total. The first-order chi connectivity index (χ1) is 6.82. The van der Waals surface area contributed by atoms with Crippen LogP contribution < -0.4 is 0 Å². The maximum absolute atomic E-state index is 11.0. The molecule has 0 aliphatic heterocycles. The van der Waals surface area contributed by atoms with Crippen LogP contribution in [0.3, 0.4) is 0 Å². The van der Waals surface area contributed by atoms with E-state index in [2.05, 4.69) is 8.58 Å². The van der Waals surface area contributed by atoms with E-state index < -0.39 is 17.4 Å². The van der Waals surface area contributed by atoms with E-state index in [0.717, 1.165) is 0 Å². The predicted octanol–water partition coefficient (Wildman–Crippen LogP) is 2.82. The molecule has 4 nitrogen and oxygen atoms in total. The van der Waals surface area contributed by atoms with Gasteiger partial charge >= 0.3 is 11.9 Å². The van der Waals surface area contributed by atoms with Crippen LogP contribution >= 0.6 is 23.7 Å². The van der Waals surface area contributed by atoms with Crippen LogP contribution in [0.1, 0.15) is 33.6 Å². The van der Waals surface area contributed by atoms with Crippen molar-refractivity contribution in [3.8, 4) is 0 Å². The summed E-state index contributed by atoms with van der Waals surface area (Å²) in [6, 6.07) is 0. The van der Waals surface area contributed by atoms with E-state index in [1.807, 2.05) is 13.8 Å². The number of carbonyl (C=O) groups excluding carboxylic acids is 2. The summed E-state index contributed by atoms with van der Waals surface area (Å²) in [5, 5.41) is 0. The molecule has 0 aromatic carbocycles. The average molecular weight is 257 g/mol. The molecule has 0 spiro atoms. The van der Waals surface area contributed by atoms with Crippen LogP contribution in [0.4, 0.5) is 0 Å². The van der Waals surface area contributed by atoms with Gasteiger partial charge in [0.25, 0.3) is 0 Å². The van der Waals surface area contributed by atoms with E-state index in [0.29, 0.717) is 6.42 Å². The van der Waals surface area contributed by atoms with Crippen molar-refractivity contribution < 1.29 is 18.2 Å². The minimum atomic E-state index is -0.520. The van der Waals surface area contributed by atoms with Crippen LogP contribution in [-0.2, 0) is 18.2 Å². The van der Waals surface area contributed by atoms with Gasteiger partial charge in [0.1, 0.15) is 23.7 Å². The summed E-state index contributed by atoms with van der Waals surface area (Å²) < 4.78 is 8.13. The van der Waals surface area contributed by atoms with Gasteiger partial charge in [0.2, 0.25) is 0 Å². The monoisotopic (exact) mass is 256 g/mol. The highest BCUT2D eigenvalue weighted by Gasteiger charge is 2.28. The lowest BCUT2D eigenvalue weighted by Gasteiger charge is -2.24. The van der Waals surface area contributed by atoms with Gasteiger partial charge < -0.3 is 8.58 Å². The first-order valence-electron chi connectivity index (χ1n) is 4.46. The van der Waals surface area contributed by atoms with E-state index in [1.54, 1.807) is 6.92 Å². The van der Waals surface area contributed by atoms with Gasteiger partial charge in [-0.1, -0.05) is 20.8 Å². The molecule has 0 aromatic heterocycles. The highest BCUT2D eigenvalue weighted by Crippen LogP contribution is 2.30. The molecule has 0 fully saturated rings. The summed E-state index contributed by atoms with van der Waals surface area (Å²) in [7, 11) is 0. The molecule has 0 amide bonds. The van der Waals surface area contributed by atoms with Crippen molar-refractivity contribution in [2.75, 3.05) is 0 Å². The van der Waals surface area contributed by atoms with E-state index >= 15 is 0 Å².